The molecule has 0 spiro atoms. The van der Waals surface area contributed by atoms with E-state index in [1.165, 1.54) is 18.3 Å². The van der Waals surface area contributed by atoms with Gasteiger partial charge < -0.3 is 19.5 Å². The molecule has 3 rings (SSSR count). The summed E-state index contributed by atoms with van der Waals surface area (Å²) in [5.41, 5.74) is 0.306. The van der Waals surface area contributed by atoms with Crippen LogP contribution in [0.1, 0.15) is 0 Å². The Balaban J connectivity index is 2.06. The summed E-state index contributed by atoms with van der Waals surface area (Å²) in [6.45, 7) is 0. The molecular weight excluding hydrogens is 294 g/mol. The summed E-state index contributed by atoms with van der Waals surface area (Å²) in [6.07, 6.45) is 1.45. The summed E-state index contributed by atoms with van der Waals surface area (Å²) in [5, 5.41) is 23.8. The van der Waals surface area contributed by atoms with E-state index in [1.807, 2.05) is 0 Å². The lowest BCUT2D eigenvalue weighted by molar-refractivity contribution is 0.412. The number of phenolic OH excluding ortho intramolecular Hbond substituents is 2. The maximum Gasteiger partial charge on any atom is 0.174 e. The van der Waals surface area contributed by atoms with Crippen LogP contribution in [0.15, 0.2) is 53.2 Å². The highest BCUT2D eigenvalue weighted by Crippen LogP contribution is 2.42. The molecule has 5 nitrogen and oxygen atoms in total. The topological polar surface area (TPSA) is 75.7 Å². The fourth-order valence-electron chi connectivity index (χ4n) is 1.89. The van der Waals surface area contributed by atoms with Gasteiger partial charge in [-0.25, -0.2) is 0 Å². The van der Waals surface area contributed by atoms with E-state index < -0.39 is 0 Å². The van der Waals surface area contributed by atoms with Gasteiger partial charge in [0.2, 0.25) is 0 Å². The molecule has 3 aromatic rings. The average Bonchev–Trinajstić information content (AvgIpc) is 2.94. The SMILES string of the molecule is Oc1cc(O)c(-c2ccno2)c(Oc2ccc(Cl)cc2)c1. The van der Waals surface area contributed by atoms with Crippen LogP contribution in [0, 0.1) is 0 Å². The van der Waals surface area contributed by atoms with Gasteiger partial charge in [-0.15, -0.1) is 0 Å². The van der Waals surface area contributed by atoms with E-state index in [9.17, 15) is 10.2 Å². The second-order valence-electron chi connectivity index (χ2n) is 4.27. The second kappa shape index (κ2) is 5.38. The molecule has 0 fully saturated rings. The van der Waals surface area contributed by atoms with Crippen LogP contribution in [0.5, 0.6) is 23.0 Å². The van der Waals surface area contributed by atoms with Crippen LogP contribution >= 0.6 is 11.6 Å². The summed E-state index contributed by atoms with van der Waals surface area (Å²) < 4.78 is 10.7. The van der Waals surface area contributed by atoms with Gasteiger partial charge in [0.15, 0.2) is 5.76 Å². The number of rotatable bonds is 3. The van der Waals surface area contributed by atoms with Gasteiger partial charge in [-0.3, -0.25) is 0 Å². The van der Waals surface area contributed by atoms with Crippen molar-refractivity contribution in [2.24, 2.45) is 0 Å². The molecule has 0 radical (unpaired) electrons. The first-order valence-corrected chi connectivity index (χ1v) is 6.42. The van der Waals surface area contributed by atoms with E-state index in [0.717, 1.165) is 0 Å². The maximum atomic E-state index is 10.0. The zero-order valence-electron chi connectivity index (χ0n) is 10.7. The van der Waals surface area contributed by atoms with E-state index >= 15 is 0 Å². The van der Waals surface area contributed by atoms with Crippen LogP contribution < -0.4 is 4.74 Å². The molecule has 0 aliphatic rings. The quantitative estimate of drug-likeness (QED) is 0.758. The first-order chi connectivity index (χ1) is 10.1. The number of hydrogen-bond acceptors (Lipinski definition) is 5. The van der Waals surface area contributed by atoms with Crippen molar-refractivity contribution in [2.45, 2.75) is 0 Å². The average molecular weight is 304 g/mol. The Kier molecular flexibility index (Phi) is 3.41. The predicted molar refractivity (Wildman–Crippen MR) is 76.8 cm³/mol. The van der Waals surface area contributed by atoms with Crippen LogP contribution in [-0.4, -0.2) is 15.4 Å². The van der Waals surface area contributed by atoms with Crippen molar-refractivity contribution in [3.05, 3.63) is 53.7 Å². The highest BCUT2D eigenvalue weighted by molar-refractivity contribution is 6.30. The highest BCUT2D eigenvalue weighted by Gasteiger charge is 2.17. The molecule has 6 heteroatoms. The number of nitrogens with zero attached hydrogens (tertiary/aromatic N) is 1. The van der Waals surface area contributed by atoms with Gasteiger partial charge in [-0.2, -0.15) is 0 Å². The first kappa shape index (κ1) is 13.3. The second-order valence-corrected chi connectivity index (χ2v) is 4.71. The minimum atomic E-state index is -0.171. The number of hydrogen-bond donors (Lipinski definition) is 2. The molecule has 0 saturated heterocycles. The molecule has 0 amide bonds. The molecule has 0 atom stereocenters. The molecule has 2 N–H and O–H groups in total. The molecule has 0 unspecified atom stereocenters. The summed E-state index contributed by atoms with van der Waals surface area (Å²) >= 11 is 5.82. The van der Waals surface area contributed by atoms with Crippen molar-refractivity contribution in [1.29, 1.82) is 0 Å². The maximum absolute atomic E-state index is 10.0. The fourth-order valence-corrected chi connectivity index (χ4v) is 2.02. The minimum absolute atomic E-state index is 0.125. The Morgan fingerprint density at radius 2 is 1.81 bits per heavy atom. The number of aromatic hydroxyl groups is 2. The Bertz CT molecular complexity index is 754. The molecule has 21 heavy (non-hydrogen) atoms. The van der Waals surface area contributed by atoms with Crippen molar-refractivity contribution in [3.8, 4) is 34.3 Å². The Morgan fingerprint density at radius 1 is 1.05 bits per heavy atom. The van der Waals surface area contributed by atoms with Crippen molar-refractivity contribution >= 4 is 11.6 Å². The van der Waals surface area contributed by atoms with E-state index in [0.29, 0.717) is 22.1 Å². The molecular formula is C15H10ClNO4. The molecule has 0 aliphatic carbocycles. The Labute approximate surface area is 125 Å². The van der Waals surface area contributed by atoms with Crippen LogP contribution in [0.4, 0.5) is 0 Å². The Hall–Kier alpha value is -2.66. The number of benzene rings is 2. The summed E-state index contributed by atoms with van der Waals surface area (Å²) in [4.78, 5) is 0. The van der Waals surface area contributed by atoms with E-state index in [-0.39, 0.29) is 17.2 Å². The van der Waals surface area contributed by atoms with Crippen molar-refractivity contribution < 1.29 is 19.5 Å². The van der Waals surface area contributed by atoms with Gasteiger partial charge >= 0.3 is 0 Å². The van der Waals surface area contributed by atoms with Crippen LogP contribution in [0.3, 0.4) is 0 Å². The third-order valence-corrected chi connectivity index (χ3v) is 3.04. The van der Waals surface area contributed by atoms with Crippen LogP contribution in [-0.2, 0) is 0 Å². The third-order valence-electron chi connectivity index (χ3n) is 2.79. The van der Waals surface area contributed by atoms with Crippen LogP contribution in [0.25, 0.3) is 11.3 Å². The third kappa shape index (κ3) is 2.78. The standard InChI is InChI=1S/C15H10ClNO4/c16-9-1-3-11(4-2-9)20-14-8-10(18)7-12(19)15(14)13-5-6-17-21-13/h1-8,18-19H. The number of halogens is 1. The van der Waals surface area contributed by atoms with E-state index in [1.54, 1.807) is 30.3 Å². The van der Waals surface area contributed by atoms with Gasteiger partial charge in [-0.05, 0) is 24.3 Å². The van der Waals surface area contributed by atoms with E-state index in [4.69, 9.17) is 20.9 Å². The lowest BCUT2D eigenvalue weighted by atomic mass is 10.1. The van der Waals surface area contributed by atoms with Crippen molar-refractivity contribution in [2.75, 3.05) is 0 Å². The monoisotopic (exact) mass is 303 g/mol. The zero-order valence-corrected chi connectivity index (χ0v) is 11.4. The van der Waals surface area contributed by atoms with Gasteiger partial charge in [0, 0.05) is 23.2 Å². The fraction of sp³-hybridized carbons (Fsp3) is 0. The zero-order chi connectivity index (χ0) is 14.8. The first-order valence-electron chi connectivity index (χ1n) is 6.04. The number of ether oxygens (including phenoxy) is 1. The van der Waals surface area contributed by atoms with Crippen LogP contribution in [0.2, 0.25) is 5.02 Å². The molecule has 0 saturated carbocycles. The smallest absolute Gasteiger partial charge is 0.174 e. The molecule has 1 aromatic heterocycles. The van der Waals surface area contributed by atoms with Crippen molar-refractivity contribution in [3.63, 3.8) is 0 Å². The molecule has 106 valence electrons. The van der Waals surface area contributed by atoms with E-state index in [2.05, 4.69) is 5.16 Å². The molecule has 0 bridgehead atoms. The lowest BCUT2D eigenvalue weighted by Gasteiger charge is -2.11. The van der Waals surface area contributed by atoms with Gasteiger partial charge in [0.25, 0.3) is 0 Å². The summed E-state index contributed by atoms with van der Waals surface area (Å²) in [5.74, 6) is 0.781. The van der Waals surface area contributed by atoms with Gasteiger partial charge in [0.05, 0.1) is 6.20 Å². The predicted octanol–water partition coefficient (Wildman–Crippen LogP) is 4.20. The number of phenols is 2. The molecule has 0 aliphatic heterocycles. The largest absolute Gasteiger partial charge is 0.508 e. The molecule has 1 heterocycles. The van der Waals surface area contributed by atoms with Gasteiger partial charge in [0.1, 0.15) is 28.6 Å². The number of aromatic nitrogens is 1. The van der Waals surface area contributed by atoms with Crippen molar-refractivity contribution in [1.82, 2.24) is 5.16 Å². The molecule has 2 aromatic carbocycles. The Morgan fingerprint density at radius 3 is 2.48 bits per heavy atom. The normalized spacial score (nSPS) is 10.5. The summed E-state index contributed by atoms with van der Waals surface area (Å²) in [6, 6.07) is 10.9. The van der Waals surface area contributed by atoms with Gasteiger partial charge in [-0.1, -0.05) is 16.8 Å². The highest BCUT2D eigenvalue weighted by atomic mass is 35.5. The summed E-state index contributed by atoms with van der Waals surface area (Å²) in [7, 11) is 0. The lowest BCUT2D eigenvalue weighted by Crippen LogP contribution is -1.88. The minimum Gasteiger partial charge on any atom is -0.508 e.